The zero-order valence-electron chi connectivity index (χ0n) is 14.0. The summed E-state index contributed by atoms with van der Waals surface area (Å²) >= 11 is 1.79. The van der Waals surface area contributed by atoms with E-state index >= 15 is 0 Å². The van der Waals surface area contributed by atoms with Gasteiger partial charge in [-0.1, -0.05) is 45.4 Å². The highest BCUT2D eigenvalue weighted by molar-refractivity contribution is 8.00. The van der Waals surface area contributed by atoms with E-state index in [1.54, 1.807) is 30.1 Å². The number of hydrogen-bond donors (Lipinski definition) is 1. The van der Waals surface area contributed by atoms with Crippen molar-refractivity contribution in [3.63, 3.8) is 0 Å². The molecule has 1 aromatic heterocycles. The van der Waals surface area contributed by atoms with E-state index in [-0.39, 0.29) is 10.7 Å². The number of hydrogen-bond acceptors (Lipinski definition) is 3. The van der Waals surface area contributed by atoms with E-state index in [4.69, 9.17) is 5.73 Å². The third-order valence-corrected chi connectivity index (χ3v) is 6.71. The molecule has 22 heavy (non-hydrogen) atoms. The van der Waals surface area contributed by atoms with E-state index in [1.807, 2.05) is 0 Å². The number of amides is 1. The Bertz CT molecular complexity index is 506. The number of primary amides is 1. The molecule has 0 saturated heterocycles. The van der Waals surface area contributed by atoms with Crippen LogP contribution in [0, 0.1) is 11.8 Å². The Morgan fingerprint density at radius 3 is 2.45 bits per heavy atom. The fourth-order valence-corrected chi connectivity index (χ4v) is 5.29. The van der Waals surface area contributed by atoms with Crippen LogP contribution in [0.2, 0.25) is 0 Å². The quantitative estimate of drug-likeness (QED) is 0.829. The van der Waals surface area contributed by atoms with E-state index < -0.39 is 0 Å². The first-order chi connectivity index (χ1) is 10.5. The lowest BCUT2D eigenvalue weighted by atomic mass is 9.72. The molecule has 1 aromatic rings. The predicted octanol–water partition coefficient (Wildman–Crippen LogP) is 4.66. The van der Waals surface area contributed by atoms with Gasteiger partial charge in [0.25, 0.3) is 5.91 Å². The first-order valence-corrected chi connectivity index (χ1v) is 9.29. The molecule has 2 N–H and O–H groups in total. The molecule has 1 saturated carbocycles. The van der Waals surface area contributed by atoms with Crippen LogP contribution in [0.1, 0.15) is 69.7 Å². The largest absolute Gasteiger partial charge is 0.366 e. The zero-order valence-corrected chi connectivity index (χ0v) is 14.8. The molecule has 0 radical (unpaired) electrons. The lowest BCUT2D eigenvalue weighted by molar-refractivity contribution is 0.0997. The molecule has 1 heterocycles. The summed E-state index contributed by atoms with van der Waals surface area (Å²) in [5.41, 5.74) is 6.08. The van der Waals surface area contributed by atoms with Crippen LogP contribution < -0.4 is 5.73 Å². The SMILES string of the molecule is CCC1CC(CC)CC(CC)(Sc2ncccc2C(N)=O)C1. The van der Waals surface area contributed by atoms with Crippen LogP contribution in [0.5, 0.6) is 0 Å². The lowest BCUT2D eigenvalue weighted by Crippen LogP contribution is -2.36. The summed E-state index contributed by atoms with van der Waals surface area (Å²) in [6, 6.07) is 3.58. The van der Waals surface area contributed by atoms with Crippen molar-refractivity contribution < 1.29 is 4.79 Å². The van der Waals surface area contributed by atoms with E-state index in [0.717, 1.165) is 23.3 Å². The van der Waals surface area contributed by atoms with Crippen molar-refractivity contribution >= 4 is 17.7 Å². The standard InChI is InChI=1S/C18H28N2OS/c1-4-13-10-14(5-2)12-18(6-3,11-13)22-17-15(16(19)21)8-7-9-20-17/h7-9,13-14H,4-6,10-12H2,1-3H3,(H2,19,21). The second kappa shape index (κ2) is 7.49. The Hall–Kier alpha value is -1.03. The maximum Gasteiger partial charge on any atom is 0.251 e. The summed E-state index contributed by atoms with van der Waals surface area (Å²) in [5, 5.41) is 0.809. The average molecular weight is 321 g/mol. The number of carbonyl (C=O) groups is 1. The van der Waals surface area contributed by atoms with Gasteiger partial charge in [-0.3, -0.25) is 4.79 Å². The van der Waals surface area contributed by atoms with Gasteiger partial charge in [0.1, 0.15) is 5.03 Å². The molecule has 2 rings (SSSR count). The molecule has 1 fully saturated rings. The van der Waals surface area contributed by atoms with Crippen molar-refractivity contribution in [1.82, 2.24) is 4.98 Å². The normalized spacial score (nSPS) is 28.5. The number of rotatable bonds is 6. The molecule has 122 valence electrons. The van der Waals surface area contributed by atoms with Gasteiger partial charge < -0.3 is 5.73 Å². The number of carbonyl (C=O) groups excluding carboxylic acids is 1. The Kier molecular flexibility index (Phi) is 5.90. The van der Waals surface area contributed by atoms with Crippen molar-refractivity contribution in [1.29, 1.82) is 0 Å². The van der Waals surface area contributed by atoms with Crippen molar-refractivity contribution in [3.8, 4) is 0 Å². The van der Waals surface area contributed by atoms with E-state index in [9.17, 15) is 4.79 Å². The van der Waals surface area contributed by atoms with E-state index in [1.165, 1.54) is 32.1 Å². The Labute approximate surface area is 138 Å². The van der Waals surface area contributed by atoms with Crippen LogP contribution in [0.15, 0.2) is 23.4 Å². The van der Waals surface area contributed by atoms with Crippen LogP contribution >= 0.6 is 11.8 Å². The fraction of sp³-hybridized carbons (Fsp3) is 0.667. The molecule has 1 amide bonds. The van der Waals surface area contributed by atoms with Gasteiger partial charge in [0.15, 0.2) is 0 Å². The highest BCUT2D eigenvalue weighted by Gasteiger charge is 2.40. The van der Waals surface area contributed by atoms with Crippen LogP contribution in [0.4, 0.5) is 0 Å². The third kappa shape index (κ3) is 3.83. The molecule has 0 aliphatic heterocycles. The molecule has 1 aliphatic carbocycles. The van der Waals surface area contributed by atoms with Crippen molar-refractivity contribution in [2.45, 2.75) is 69.1 Å². The minimum Gasteiger partial charge on any atom is -0.366 e. The number of nitrogens with two attached hydrogens (primary N) is 1. The zero-order chi connectivity index (χ0) is 16.2. The molecule has 2 atom stereocenters. The van der Waals surface area contributed by atoms with Gasteiger partial charge in [-0.15, -0.1) is 0 Å². The second-order valence-electron chi connectivity index (χ2n) is 6.55. The summed E-state index contributed by atoms with van der Waals surface area (Å²) < 4.78 is 0.193. The molecule has 0 bridgehead atoms. The smallest absolute Gasteiger partial charge is 0.251 e. The first kappa shape index (κ1) is 17.3. The van der Waals surface area contributed by atoms with E-state index in [2.05, 4.69) is 25.8 Å². The molecule has 0 aromatic carbocycles. The summed E-state index contributed by atoms with van der Waals surface area (Å²) in [4.78, 5) is 16.1. The van der Waals surface area contributed by atoms with Crippen molar-refractivity contribution in [2.24, 2.45) is 17.6 Å². The fourth-order valence-electron chi connectivity index (χ4n) is 3.70. The van der Waals surface area contributed by atoms with Crippen molar-refractivity contribution in [3.05, 3.63) is 23.9 Å². The van der Waals surface area contributed by atoms with Gasteiger partial charge in [0, 0.05) is 10.9 Å². The van der Waals surface area contributed by atoms with Gasteiger partial charge >= 0.3 is 0 Å². The maximum absolute atomic E-state index is 11.7. The molecule has 1 aliphatic rings. The molecule has 3 nitrogen and oxygen atoms in total. The minimum absolute atomic E-state index is 0.193. The highest BCUT2D eigenvalue weighted by atomic mass is 32.2. The molecule has 4 heteroatoms. The van der Waals surface area contributed by atoms with Crippen LogP contribution in [-0.4, -0.2) is 15.6 Å². The average Bonchev–Trinajstić information content (AvgIpc) is 2.54. The minimum atomic E-state index is -0.378. The summed E-state index contributed by atoms with van der Waals surface area (Å²) in [6.07, 6.45) is 9.13. The second-order valence-corrected chi connectivity index (χ2v) is 8.01. The topological polar surface area (TPSA) is 56.0 Å². The summed E-state index contributed by atoms with van der Waals surface area (Å²) in [6.45, 7) is 6.86. The number of nitrogens with zero attached hydrogens (tertiary/aromatic N) is 1. The summed E-state index contributed by atoms with van der Waals surface area (Å²) in [7, 11) is 0. The van der Waals surface area contributed by atoms with Crippen LogP contribution in [0.25, 0.3) is 0 Å². The van der Waals surface area contributed by atoms with Crippen LogP contribution in [-0.2, 0) is 0 Å². The summed E-state index contributed by atoms with van der Waals surface area (Å²) in [5.74, 6) is 1.19. The number of pyridine rings is 1. The molecular weight excluding hydrogens is 292 g/mol. The Balaban J connectivity index is 2.29. The van der Waals surface area contributed by atoms with Crippen molar-refractivity contribution in [2.75, 3.05) is 0 Å². The van der Waals surface area contributed by atoms with Crippen LogP contribution in [0.3, 0.4) is 0 Å². The molecule has 2 unspecified atom stereocenters. The van der Waals surface area contributed by atoms with E-state index in [0.29, 0.717) is 5.56 Å². The Morgan fingerprint density at radius 2 is 1.95 bits per heavy atom. The predicted molar refractivity (Wildman–Crippen MR) is 93.0 cm³/mol. The molecular formula is C18H28N2OS. The molecule has 0 spiro atoms. The van der Waals surface area contributed by atoms with Gasteiger partial charge in [0.2, 0.25) is 0 Å². The van der Waals surface area contributed by atoms with Gasteiger partial charge in [-0.25, -0.2) is 4.98 Å². The lowest BCUT2D eigenvalue weighted by Gasteiger charge is -2.43. The third-order valence-electron chi connectivity index (χ3n) is 5.14. The Morgan fingerprint density at radius 1 is 1.32 bits per heavy atom. The number of aromatic nitrogens is 1. The maximum atomic E-state index is 11.7. The monoisotopic (exact) mass is 320 g/mol. The highest BCUT2D eigenvalue weighted by Crippen LogP contribution is 2.51. The van der Waals surface area contributed by atoms with Gasteiger partial charge in [-0.05, 0) is 49.7 Å². The number of thioether (sulfide) groups is 1. The first-order valence-electron chi connectivity index (χ1n) is 8.47. The van der Waals surface area contributed by atoms with Gasteiger partial charge in [0.05, 0.1) is 5.56 Å². The van der Waals surface area contributed by atoms with Gasteiger partial charge in [-0.2, -0.15) is 0 Å².